The van der Waals surface area contributed by atoms with E-state index in [9.17, 15) is 4.79 Å². The maximum atomic E-state index is 12.6. The van der Waals surface area contributed by atoms with Crippen LogP contribution in [0, 0.1) is 6.92 Å². The second kappa shape index (κ2) is 6.61. The molecule has 134 valence electrons. The number of carbonyl (C=O) groups is 1. The van der Waals surface area contributed by atoms with Gasteiger partial charge in [-0.2, -0.15) is 5.10 Å². The smallest absolute Gasteiger partial charge is 0.253 e. The fourth-order valence-corrected chi connectivity index (χ4v) is 3.67. The summed E-state index contributed by atoms with van der Waals surface area (Å²) in [6.07, 6.45) is 2.52. The predicted octanol–water partition coefficient (Wildman–Crippen LogP) is 2.94. The second-order valence-electron chi connectivity index (χ2n) is 6.69. The highest BCUT2D eigenvalue weighted by Gasteiger charge is 2.25. The molecular formula is C19H20ClN5O. The minimum Gasteiger partial charge on any atom is -0.369 e. The Hall–Kier alpha value is -2.60. The van der Waals surface area contributed by atoms with E-state index >= 15 is 0 Å². The van der Waals surface area contributed by atoms with E-state index in [0.717, 1.165) is 46.9 Å². The van der Waals surface area contributed by atoms with Crippen LogP contribution in [0.25, 0.3) is 11.0 Å². The van der Waals surface area contributed by atoms with E-state index in [1.165, 1.54) is 0 Å². The van der Waals surface area contributed by atoms with Gasteiger partial charge >= 0.3 is 0 Å². The highest BCUT2D eigenvalue weighted by molar-refractivity contribution is 6.30. The van der Waals surface area contributed by atoms with E-state index in [1.807, 2.05) is 44.3 Å². The standard InChI is InChI=1S/C19H20ClN5O/c1-12-17-8-13(10-21-18(17)24(2)23-12)19(26)22-15-6-7-25(11-15)16-5-3-4-14(20)9-16/h3-5,8-10,15H,6-7,11H2,1-2H3,(H,22,26). The number of aryl methyl sites for hydroxylation is 2. The van der Waals surface area contributed by atoms with Crippen molar-refractivity contribution in [2.24, 2.45) is 7.05 Å². The lowest BCUT2D eigenvalue weighted by Gasteiger charge is -2.19. The van der Waals surface area contributed by atoms with Crippen LogP contribution in [0.15, 0.2) is 36.5 Å². The SMILES string of the molecule is Cc1nn(C)c2ncc(C(=O)NC3CCN(c4cccc(Cl)c4)C3)cc12. The van der Waals surface area contributed by atoms with Gasteiger partial charge in [-0.3, -0.25) is 9.48 Å². The first kappa shape index (κ1) is 16.8. The number of benzene rings is 1. The number of carbonyl (C=O) groups excluding carboxylic acids is 1. The maximum Gasteiger partial charge on any atom is 0.253 e. The molecule has 1 N–H and O–H groups in total. The molecule has 2 aromatic heterocycles. The molecule has 0 bridgehead atoms. The molecule has 3 aromatic rings. The van der Waals surface area contributed by atoms with Crippen molar-refractivity contribution in [3.63, 3.8) is 0 Å². The fourth-order valence-electron chi connectivity index (χ4n) is 3.49. The van der Waals surface area contributed by atoms with Crippen LogP contribution in [-0.2, 0) is 7.05 Å². The number of aromatic nitrogens is 3. The Balaban J connectivity index is 1.46. The average Bonchev–Trinajstić information content (AvgIpc) is 3.20. The predicted molar refractivity (Wildman–Crippen MR) is 103 cm³/mol. The van der Waals surface area contributed by atoms with Crippen molar-refractivity contribution >= 4 is 34.2 Å². The third-order valence-corrected chi connectivity index (χ3v) is 5.06. The zero-order valence-corrected chi connectivity index (χ0v) is 15.5. The van der Waals surface area contributed by atoms with Gasteiger partial charge in [0.05, 0.1) is 11.3 Å². The second-order valence-corrected chi connectivity index (χ2v) is 7.13. The number of anilines is 1. The van der Waals surface area contributed by atoms with Crippen LogP contribution in [0.4, 0.5) is 5.69 Å². The molecule has 1 aliphatic rings. The largest absolute Gasteiger partial charge is 0.369 e. The van der Waals surface area contributed by atoms with Gasteiger partial charge < -0.3 is 10.2 Å². The van der Waals surface area contributed by atoms with E-state index < -0.39 is 0 Å². The Bertz CT molecular complexity index is 983. The lowest BCUT2D eigenvalue weighted by Crippen LogP contribution is -2.37. The number of hydrogen-bond donors (Lipinski definition) is 1. The summed E-state index contributed by atoms with van der Waals surface area (Å²) in [6, 6.07) is 9.77. The summed E-state index contributed by atoms with van der Waals surface area (Å²) in [4.78, 5) is 19.3. The van der Waals surface area contributed by atoms with Crippen molar-refractivity contribution < 1.29 is 4.79 Å². The zero-order valence-electron chi connectivity index (χ0n) is 14.7. The van der Waals surface area contributed by atoms with Crippen LogP contribution < -0.4 is 10.2 Å². The molecule has 7 heteroatoms. The molecule has 1 saturated heterocycles. The third-order valence-electron chi connectivity index (χ3n) is 4.82. The van der Waals surface area contributed by atoms with E-state index in [4.69, 9.17) is 11.6 Å². The van der Waals surface area contributed by atoms with Crippen LogP contribution >= 0.6 is 11.6 Å². The van der Waals surface area contributed by atoms with Crippen molar-refractivity contribution in [1.29, 1.82) is 0 Å². The van der Waals surface area contributed by atoms with Crippen LogP contribution in [0.5, 0.6) is 0 Å². The summed E-state index contributed by atoms with van der Waals surface area (Å²) in [5, 5.41) is 9.10. The number of amides is 1. The van der Waals surface area contributed by atoms with Crippen molar-refractivity contribution in [1.82, 2.24) is 20.1 Å². The summed E-state index contributed by atoms with van der Waals surface area (Å²) in [5.74, 6) is -0.0967. The lowest BCUT2D eigenvalue weighted by molar-refractivity contribution is 0.0940. The van der Waals surface area contributed by atoms with E-state index in [-0.39, 0.29) is 11.9 Å². The molecule has 6 nitrogen and oxygen atoms in total. The molecule has 1 aromatic carbocycles. The highest BCUT2D eigenvalue weighted by atomic mass is 35.5. The zero-order chi connectivity index (χ0) is 18.3. The Morgan fingerprint density at radius 1 is 1.35 bits per heavy atom. The monoisotopic (exact) mass is 369 g/mol. The summed E-state index contributed by atoms with van der Waals surface area (Å²) < 4.78 is 1.73. The number of nitrogens with one attached hydrogen (secondary N) is 1. The van der Waals surface area contributed by atoms with Crippen molar-refractivity contribution in [3.8, 4) is 0 Å². The minimum absolute atomic E-state index is 0.0967. The van der Waals surface area contributed by atoms with Gasteiger partial charge in [0.1, 0.15) is 0 Å². The summed E-state index contributed by atoms with van der Waals surface area (Å²) in [7, 11) is 1.85. The Morgan fingerprint density at radius 2 is 2.19 bits per heavy atom. The van der Waals surface area contributed by atoms with E-state index in [0.29, 0.717) is 5.56 Å². The van der Waals surface area contributed by atoms with Gasteiger partial charge in [0.25, 0.3) is 5.91 Å². The average molecular weight is 370 g/mol. The number of nitrogens with zero attached hydrogens (tertiary/aromatic N) is 4. The topological polar surface area (TPSA) is 63.1 Å². The Morgan fingerprint density at radius 3 is 3.00 bits per heavy atom. The fraction of sp³-hybridized carbons (Fsp3) is 0.316. The molecule has 1 amide bonds. The van der Waals surface area contributed by atoms with Gasteiger partial charge in [0.15, 0.2) is 5.65 Å². The van der Waals surface area contributed by atoms with Gasteiger partial charge in [-0.05, 0) is 37.6 Å². The first-order valence-electron chi connectivity index (χ1n) is 8.62. The van der Waals surface area contributed by atoms with Crippen LogP contribution in [0.2, 0.25) is 5.02 Å². The maximum absolute atomic E-state index is 12.6. The highest BCUT2D eigenvalue weighted by Crippen LogP contribution is 2.24. The van der Waals surface area contributed by atoms with Gasteiger partial charge in [-0.25, -0.2) is 4.98 Å². The molecule has 4 rings (SSSR count). The summed E-state index contributed by atoms with van der Waals surface area (Å²) in [6.45, 7) is 3.59. The first-order valence-corrected chi connectivity index (χ1v) is 9.00. The number of halogens is 1. The molecular weight excluding hydrogens is 350 g/mol. The molecule has 0 radical (unpaired) electrons. The first-order chi connectivity index (χ1) is 12.5. The normalized spacial score (nSPS) is 17.0. The number of hydrogen-bond acceptors (Lipinski definition) is 4. The summed E-state index contributed by atoms with van der Waals surface area (Å²) >= 11 is 6.08. The van der Waals surface area contributed by atoms with Crippen molar-refractivity contribution in [2.45, 2.75) is 19.4 Å². The Kier molecular flexibility index (Phi) is 4.28. The van der Waals surface area contributed by atoms with Crippen LogP contribution in [0.1, 0.15) is 22.5 Å². The molecule has 1 fully saturated rings. The van der Waals surface area contributed by atoms with Gasteiger partial charge in [0.2, 0.25) is 0 Å². The molecule has 0 spiro atoms. The summed E-state index contributed by atoms with van der Waals surface area (Å²) in [5.41, 5.74) is 3.31. The van der Waals surface area contributed by atoms with Crippen molar-refractivity contribution in [2.75, 3.05) is 18.0 Å². The molecule has 1 unspecified atom stereocenters. The van der Waals surface area contributed by atoms with Crippen LogP contribution in [0.3, 0.4) is 0 Å². The van der Waals surface area contributed by atoms with Gasteiger partial charge in [-0.1, -0.05) is 17.7 Å². The molecule has 1 atom stereocenters. The van der Waals surface area contributed by atoms with Crippen molar-refractivity contribution in [3.05, 3.63) is 52.8 Å². The third kappa shape index (κ3) is 3.12. The van der Waals surface area contributed by atoms with Gasteiger partial charge in [-0.15, -0.1) is 0 Å². The minimum atomic E-state index is -0.0967. The van der Waals surface area contributed by atoms with E-state index in [2.05, 4.69) is 20.3 Å². The number of rotatable bonds is 3. The Labute approximate surface area is 156 Å². The molecule has 3 heterocycles. The van der Waals surface area contributed by atoms with Gasteiger partial charge in [0, 0.05) is 48.5 Å². The molecule has 26 heavy (non-hydrogen) atoms. The quantitative estimate of drug-likeness (QED) is 0.771. The number of fused-ring (bicyclic) bond motifs is 1. The molecule has 1 aliphatic heterocycles. The number of pyridine rings is 1. The van der Waals surface area contributed by atoms with Crippen LogP contribution in [-0.4, -0.2) is 39.8 Å². The lowest BCUT2D eigenvalue weighted by atomic mass is 10.2. The molecule has 0 aliphatic carbocycles. The molecule has 0 saturated carbocycles. The van der Waals surface area contributed by atoms with E-state index in [1.54, 1.807) is 10.9 Å².